The predicted molar refractivity (Wildman–Crippen MR) is 139 cm³/mol. The monoisotopic (exact) mass is 555 g/mol. The molecular weight excluding hydrogens is 518 g/mol. The maximum atomic E-state index is 11.0. The topological polar surface area (TPSA) is 122 Å². The molecule has 0 unspecified atom stereocenters. The highest BCUT2D eigenvalue weighted by atomic mass is 32.3. The number of benzene rings is 2. The zero-order valence-corrected chi connectivity index (χ0v) is 23.8. The third-order valence-corrected chi connectivity index (χ3v) is 7.58. The van der Waals surface area contributed by atoms with E-state index in [1.807, 2.05) is 18.2 Å². The van der Waals surface area contributed by atoms with Gasteiger partial charge in [0.1, 0.15) is 6.04 Å². The van der Waals surface area contributed by atoms with Gasteiger partial charge in [0.05, 0.1) is 75.0 Å². The van der Waals surface area contributed by atoms with E-state index in [4.69, 9.17) is 28.4 Å². The summed E-state index contributed by atoms with van der Waals surface area (Å²) in [6, 6.07) is 5.68. The maximum Gasteiger partial charge on any atom is 0.217 e. The quantitative estimate of drug-likeness (QED) is 0.158. The number of ether oxygens (including phenoxy) is 6. The van der Waals surface area contributed by atoms with Crippen LogP contribution in [-0.2, 0) is 27.4 Å². The first-order valence-corrected chi connectivity index (χ1v) is 13.4. The lowest BCUT2D eigenvalue weighted by molar-refractivity contribution is -0.941. The van der Waals surface area contributed by atoms with E-state index < -0.39 is 10.4 Å². The molecule has 212 valence electrons. The van der Waals surface area contributed by atoms with E-state index in [0.29, 0.717) is 58.4 Å². The van der Waals surface area contributed by atoms with Crippen LogP contribution in [0.5, 0.6) is 34.5 Å². The minimum atomic E-state index is -4.75. The molecule has 0 bridgehead atoms. The number of hydrogen-bond donors (Lipinski definition) is 0. The van der Waals surface area contributed by atoms with Crippen molar-refractivity contribution in [3.8, 4) is 34.5 Å². The Morgan fingerprint density at radius 1 is 0.842 bits per heavy atom. The summed E-state index contributed by atoms with van der Waals surface area (Å²) in [5.41, 5.74) is 2.99. The molecular formula is C26H37NO10S. The van der Waals surface area contributed by atoms with Crippen molar-refractivity contribution in [1.29, 1.82) is 0 Å². The Hall–Kier alpha value is -2.93. The number of rotatable bonds is 13. The van der Waals surface area contributed by atoms with Crippen molar-refractivity contribution in [3.63, 3.8) is 0 Å². The number of nitrogens with zero attached hydrogens (tertiary/aromatic N) is 1. The largest absolute Gasteiger partial charge is 0.726 e. The van der Waals surface area contributed by atoms with Crippen LogP contribution in [0.15, 0.2) is 18.2 Å². The summed E-state index contributed by atoms with van der Waals surface area (Å²) < 4.78 is 71.7. The Labute approximate surface area is 224 Å². The summed E-state index contributed by atoms with van der Waals surface area (Å²) in [5, 5.41) is 0. The minimum absolute atomic E-state index is 0.139. The molecule has 0 fully saturated rings. The van der Waals surface area contributed by atoms with Crippen LogP contribution >= 0.6 is 0 Å². The zero-order valence-electron chi connectivity index (χ0n) is 23.0. The van der Waals surface area contributed by atoms with E-state index in [9.17, 15) is 13.0 Å². The highest BCUT2D eigenvalue weighted by molar-refractivity contribution is 7.80. The molecule has 0 saturated heterocycles. The van der Waals surface area contributed by atoms with Crippen LogP contribution < -0.4 is 28.4 Å². The van der Waals surface area contributed by atoms with Gasteiger partial charge in [0.15, 0.2) is 23.0 Å². The zero-order chi connectivity index (χ0) is 28.1. The third kappa shape index (κ3) is 6.20. The van der Waals surface area contributed by atoms with E-state index >= 15 is 0 Å². The molecule has 3 rings (SSSR count). The van der Waals surface area contributed by atoms with Crippen LogP contribution in [0.2, 0.25) is 0 Å². The molecule has 2 atom stereocenters. The Kier molecular flexibility index (Phi) is 9.58. The van der Waals surface area contributed by atoms with E-state index in [-0.39, 0.29) is 12.6 Å². The van der Waals surface area contributed by atoms with Gasteiger partial charge in [0.2, 0.25) is 21.9 Å². The highest BCUT2D eigenvalue weighted by Crippen LogP contribution is 2.50. The normalized spacial score (nSPS) is 18.9. The van der Waals surface area contributed by atoms with Gasteiger partial charge >= 0.3 is 0 Å². The van der Waals surface area contributed by atoms with Gasteiger partial charge in [-0.2, -0.15) is 0 Å². The number of fused-ring (bicyclic) bond motifs is 1. The van der Waals surface area contributed by atoms with Gasteiger partial charge in [0, 0.05) is 19.3 Å². The molecule has 0 aliphatic carbocycles. The van der Waals surface area contributed by atoms with Crippen LogP contribution in [0.3, 0.4) is 0 Å². The van der Waals surface area contributed by atoms with Crippen molar-refractivity contribution < 1.29 is 50.1 Å². The number of hydrogen-bond acceptors (Lipinski definition) is 10. The Balaban J connectivity index is 2.14. The molecule has 2 aromatic rings. The smallest absolute Gasteiger partial charge is 0.217 e. The maximum absolute atomic E-state index is 11.0. The first-order valence-electron chi connectivity index (χ1n) is 12.1. The summed E-state index contributed by atoms with van der Waals surface area (Å²) >= 11 is 0. The van der Waals surface area contributed by atoms with Crippen molar-refractivity contribution in [3.05, 3.63) is 34.9 Å². The summed E-state index contributed by atoms with van der Waals surface area (Å²) in [5.74, 6) is 3.25. The molecule has 2 aromatic carbocycles. The van der Waals surface area contributed by atoms with Gasteiger partial charge in [-0.25, -0.2) is 8.42 Å². The fourth-order valence-corrected chi connectivity index (χ4v) is 5.62. The molecule has 1 aliphatic rings. The van der Waals surface area contributed by atoms with E-state index in [0.717, 1.165) is 29.7 Å². The number of likely N-dealkylation sites (N-methyl/N-ethyl adjacent to an activating group) is 1. The van der Waals surface area contributed by atoms with Gasteiger partial charge in [-0.1, -0.05) is 0 Å². The summed E-state index contributed by atoms with van der Waals surface area (Å²) in [6.45, 7) is 1.12. The molecule has 1 aliphatic heterocycles. The van der Waals surface area contributed by atoms with E-state index in [1.54, 1.807) is 42.7 Å². The molecule has 0 N–H and O–H groups in total. The molecule has 11 nitrogen and oxygen atoms in total. The van der Waals surface area contributed by atoms with E-state index in [1.165, 1.54) is 0 Å². The SMILES string of the molecule is COc1cc(C[C@@H]2c3c(cc(OC)c(OC)c3OC)CC[N@@+]2(C)CCCOS(=O)(=O)[O-])cc(OC)c1OC. The van der Waals surface area contributed by atoms with Gasteiger partial charge < -0.3 is 37.5 Å². The standard InChI is InChI=1S/C26H37NO10S/c1-27(10-8-12-37-38(28,29)30)11-9-18-16-22(33-4)25(35-6)26(36-7)23(18)19(27)13-17-14-20(31-2)24(34-5)21(15-17)32-3/h14-16,19H,8-13H2,1-7H3/t19-,27-/m1/s1. The van der Waals surface area contributed by atoms with Crippen LogP contribution in [0.1, 0.15) is 29.2 Å². The van der Waals surface area contributed by atoms with Crippen LogP contribution in [-0.4, -0.2) is 86.9 Å². The van der Waals surface area contributed by atoms with Crippen molar-refractivity contribution in [2.45, 2.75) is 25.3 Å². The van der Waals surface area contributed by atoms with Gasteiger partial charge in [-0.3, -0.25) is 4.18 Å². The Morgan fingerprint density at radius 2 is 1.39 bits per heavy atom. The first-order chi connectivity index (χ1) is 18.0. The lowest BCUT2D eigenvalue weighted by Gasteiger charge is -2.46. The second-order valence-corrected chi connectivity index (χ2v) is 10.3. The van der Waals surface area contributed by atoms with Crippen LogP contribution in [0, 0.1) is 0 Å². The predicted octanol–water partition coefficient (Wildman–Crippen LogP) is 2.89. The van der Waals surface area contributed by atoms with Gasteiger partial charge in [-0.05, 0) is 29.3 Å². The fraction of sp³-hybridized carbons (Fsp3) is 0.538. The third-order valence-electron chi connectivity index (χ3n) is 7.13. The summed E-state index contributed by atoms with van der Waals surface area (Å²) in [7, 11) is 6.80. The van der Waals surface area contributed by atoms with Crippen LogP contribution in [0.4, 0.5) is 0 Å². The van der Waals surface area contributed by atoms with Crippen molar-refractivity contribution in [2.24, 2.45) is 0 Å². The lowest BCUT2D eigenvalue weighted by atomic mass is 9.85. The highest BCUT2D eigenvalue weighted by Gasteiger charge is 2.43. The fourth-order valence-electron chi connectivity index (χ4n) is 5.30. The minimum Gasteiger partial charge on any atom is -0.726 e. The van der Waals surface area contributed by atoms with Gasteiger partial charge in [0.25, 0.3) is 0 Å². The summed E-state index contributed by atoms with van der Waals surface area (Å²) in [6.07, 6.45) is 1.66. The number of methoxy groups -OCH3 is 6. The molecule has 0 amide bonds. The average Bonchev–Trinajstić information content (AvgIpc) is 2.90. The van der Waals surface area contributed by atoms with Crippen LogP contribution in [0.25, 0.3) is 0 Å². The molecule has 0 aromatic heterocycles. The van der Waals surface area contributed by atoms with E-state index in [2.05, 4.69) is 11.2 Å². The second kappa shape index (κ2) is 12.3. The molecule has 0 spiro atoms. The Morgan fingerprint density at radius 3 is 1.89 bits per heavy atom. The lowest BCUT2D eigenvalue weighted by Crippen LogP contribution is -2.52. The van der Waals surface area contributed by atoms with Crippen molar-refractivity contribution >= 4 is 10.4 Å². The molecule has 38 heavy (non-hydrogen) atoms. The average molecular weight is 556 g/mol. The second-order valence-electron chi connectivity index (χ2n) is 9.23. The van der Waals surface area contributed by atoms with Crippen molar-refractivity contribution in [1.82, 2.24) is 0 Å². The molecule has 12 heteroatoms. The summed E-state index contributed by atoms with van der Waals surface area (Å²) in [4.78, 5) is 0. The molecule has 0 saturated carbocycles. The van der Waals surface area contributed by atoms with Crippen molar-refractivity contribution in [2.75, 3.05) is 69.4 Å². The van der Waals surface area contributed by atoms with Gasteiger partial charge in [-0.15, -0.1) is 0 Å². The Bertz CT molecular complexity index is 1210. The molecule has 0 radical (unpaired) electrons. The number of quaternary nitrogens is 1. The first kappa shape index (κ1) is 29.6. The molecule has 1 heterocycles.